The van der Waals surface area contributed by atoms with Crippen molar-refractivity contribution in [2.24, 2.45) is 0 Å². The summed E-state index contributed by atoms with van der Waals surface area (Å²) in [5, 5.41) is 2.44. The average Bonchev–Trinajstić information content (AvgIpc) is 2.26. The summed E-state index contributed by atoms with van der Waals surface area (Å²) in [4.78, 5) is 14.0. The summed E-state index contributed by atoms with van der Waals surface area (Å²) >= 11 is 0. The Hall–Kier alpha value is -1.99. The van der Waals surface area contributed by atoms with Crippen molar-refractivity contribution < 1.29 is 22.7 Å². The molecule has 0 saturated heterocycles. The largest absolute Gasteiger partial charge is 0.468 e. The minimum Gasteiger partial charge on any atom is -0.468 e. The van der Waals surface area contributed by atoms with Gasteiger partial charge in [-0.05, 0) is 6.07 Å². The number of esters is 1. The van der Waals surface area contributed by atoms with Crippen molar-refractivity contribution in [2.45, 2.75) is 6.18 Å². The van der Waals surface area contributed by atoms with Crippen LogP contribution in [0, 0.1) is 0 Å². The first-order valence-corrected chi connectivity index (χ1v) is 4.48. The molecule has 17 heavy (non-hydrogen) atoms. The Kier molecular flexibility index (Phi) is 3.77. The van der Waals surface area contributed by atoms with Gasteiger partial charge in [0.2, 0.25) is 0 Å². The van der Waals surface area contributed by atoms with Crippen LogP contribution < -0.4 is 11.1 Å². The number of carbonyl (C=O) groups is 1. The molecular formula is C9H10F3N3O2. The molecule has 1 heterocycles. The Balaban J connectivity index is 2.88. The molecule has 1 aromatic rings. The third-order valence-corrected chi connectivity index (χ3v) is 1.88. The monoisotopic (exact) mass is 249 g/mol. The molecule has 0 aliphatic rings. The van der Waals surface area contributed by atoms with E-state index in [2.05, 4.69) is 15.0 Å². The molecule has 0 aliphatic carbocycles. The van der Waals surface area contributed by atoms with E-state index >= 15 is 0 Å². The van der Waals surface area contributed by atoms with Gasteiger partial charge in [0.25, 0.3) is 0 Å². The molecule has 3 N–H and O–H groups in total. The third kappa shape index (κ3) is 3.51. The average molecular weight is 249 g/mol. The normalized spacial score (nSPS) is 11.1. The summed E-state index contributed by atoms with van der Waals surface area (Å²) in [6, 6.07) is 0.734. The van der Waals surface area contributed by atoms with Crippen LogP contribution in [0.3, 0.4) is 0 Å². The second-order valence-electron chi connectivity index (χ2n) is 3.08. The van der Waals surface area contributed by atoms with Crippen LogP contribution in [0.5, 0.6) is 0 Å². The lowest BCUT2D eigenvalue weighted by Crippen LogP contribution is -2.17. The molecule has 0 aromatic carbocycles. The number of anilines is 2. The van der Waals surface area contributed by atoms with Gasteiger partial charge in [0.1, 0.15) is 12.2 Å². The van der Waals surface area contributed by atoms with Gasteiger partial charge < -0.3 is 15.8 Å². The zero-order valence-corrected chi connectivity index (χ0v) is 8.84. The van der Waals surface area contributed by atoms with E-state index in [0.717, 1.165) is 12.3 Å². The first kappa shape index (κ1) is 13.1. The van der Waals surface area contributed by atoms with E-state index in [1.165, 1.54) is 7.11 Å². The number of rotatable bonds is 3. The van der Waals surface area contributed by atoms with Gasteiger partial charge in [0.15, 0.2) is 0 Å². The molecule has 94 valence electrons. The van der Waals surface area contributed by atoms with Gasteiger partial charge in [0.05, 0.1) is 24.7 Å². The van der Waals surface area contributed by atoms with E-state index in [1.54, 1.807) is 0 Å². The minimum absolute atomic E-state index is 0.0157. The number of methoxy groups -OCH3 is 1. The van der Waals surface area contributed by atoms with E-state index in [-0.39, 0.29) is 17.9 Å². The standard InChI is InChI=1S/C9H10F3N3O2/c1-17-8(16)4-14-6-2-7(9(10,11)12)15-3-5(6)13/h2-3H,4,13H2,1H3,(H,14,15). The van der Waals surface area contributed by atoms with Crippen LogP contribution in [-0.4, -0.2) is 24.6 Å². The van der Waals surface area contributed by atoms with Crippen molar-refractivity contribution in [1.29, 1.82) is 0 Å². The number of nitrogens with zero attached hydrogens (tertiary/aromatic N) is 1. The van der Waals surface area contributed by atoms with Gasteiger partial charge in [-0.15, -0.1) is 0 Å². The summed E-state index contributed by atoms with van der Waals surface area (Å²) < 4.78 is 41.4. The van der Waals surface area contributed by atoms with Crippen LogP contribution in [0.25, 0.3) is 0 Å². The molecule has 0 aliphatic heterocycles. The Morgan fingerprint density at radius 3 is 2.76 bits per heavy atom. The number of nitrogens with one attached hydrogen (secondary N) is 1. The van der Waals surface area contributed by atoms with Crippen LogP contribution in [0.2, 0.25) is 0 Å². The van der Waals surface area contributed by atoms with Crippen molar-refractivity contribution in [1.82, 2.24) is 4.98 Å². The van der Waals surface area contributed by atoms with Crippen LogP contribution >= 0.6 is 0 Å². The summed E-state index contributed by atoms with van der Waals surface area (Å²) in [6.45, 7) is -0.276. The van der Waals surface area contributed by atoms with E-state index in [4.69, 9.17) is 5.73 Å². The molecule has 0 unspecified atom stereocenters. The number of nitrogens with two attached hydrogens (primary N) is 1. The highest BCUT2D eigenvalue weighted by atomic mass is 19.4. The first-order valence-electron chi connectivity index (χ1n) is 4.48. The number of aromatic nitrogens is 1. The van der Waals surface area contributed by atoms with Gasteiger partial charge in [-0.3, -0.25) is 4.79 Å². The van der Waals surface area contributed by atoms with Gasteiger partial charge >= 0.3 is 12.1 Å². The Bertz CT molecular complexity index is 420. The number of pyridine rings is 1. The lowest BCUT2D eigenvalue weighted by Gasteiger charge is -2.11. The lowest BCUT2D eigenvalue weighted by atomic mass is 10.2. The molecule has 0 amide bonds. The summed E-state index contributed by atoms with van der Waals surface area (Å²) in [7, 11) is 1.17. The molecule has 1 aromatic heterocycles. The Morgan fingerprint density at radius 1 is 1.59 bits per heavy atom. The highest BCUT2D eigenvalue weighted by Crippen LogP contribution is 2.30. The van der Waals surface area contributed by atoms with E-state index in [1.807, 2.05) is 0 Å². The minimum atomic E-state index is -4.56. The predicted octanol–water partition coefficient (Wildman–Crippen LogP) is 1.27. The van der Waals surface area contributed by atoms with E-state index in [0.29, 0.717) is 0 Å². The van der Waals surface area contributed by atoms with Crippen molar-refractivity contribution >= 4 is 17.3 Å². The highest BCUT2D eigenvalue weighted by molar-refractivity contribution is 5.77. The predicted molar refractivity (Wildman–Crippen MR) is 54.2 cm³/mol. The quantitative estimate of drug-likeness (QED) is 0.789. The number of hydrogen-bond donors (Lipinski definition) is 2. The number of alkyl halides is 3. The van der Waals surface area contributed by atoms with Crippen LogP contribution in [0.15, 0.2) is 12.3 Å². The van der Waals surface area contributed by atoms with Gasteiger partial charge in [-0.25, -0.2) is 4.98 Å². The Labute approximate surface area is 94.8 Å². The number of halogens is 3. The molecule has 0 bridgehead atoms. The zero-order valence-electron chi connectivity index (χ0n) is 8.84. The Morgan fingerprint density at radius 2 is 2.24 bits per heavy atom. The van der Waals surface area contributed by atoms with Gasteiger partial charge in [-0.2, -0.15) is 13.2 Å². The topological polar surface area (TPSA) is 77.2 Å². The molecule has 8 heteroatoms. The fraction of sp³-hybridized carbons (Fsp3) is 0.333. The highest BCUT2D eigenvalue weighted by Gasteiger charge is 2.32. The molecule has 0 saturated carbocycles. The summed E-state index contributed by atoms with van der Waals surface area (Å²) in [5.74, 6) is -0.616. The van der Waals surface area contributed by atoms with Crippen molar-refractivity contribution in [3.63, 3.8) is 0 Å². The smallest absolute Gasteiger partial charge is 0.433 e. The molecule has 5 nitrogen and oxygen atoms in total. The maximum Gasteiger partial charge on any atom is 0.433 e. The van der Waals surface area contributed by atoms with Crippen molar-refractivity contribution in [3.8, 4) is 0 Å². The number of nitrogen functional groups attached to an aromatic ring is 1. The fourth-order valence-corrected chi connectivity index (χ4v) is 1.01. The van der Waals surface area contributed by atoms with Gasteiger partial charge in [-0.1, -0.05) is 0 Å². The van der Waals surface area contributed by atoms with Crippen LogP contribution in [-0.2, 0) is 15.7 Å². The van der Waals surface area contributed by atoms with Crippen molar-refractivity contribution in [2.75, 3.05) is 24.7 Å². The molecule has 0 atom stereocenters. The maximum absolute atomic E-state index is 12.3. The molecule has 1 rings (SSSR count). The van der Waals surface area contributed by atoms with Crippen LogP contribution in [0.1, 0.15) is 5.69 Å². The SMILES string of the molecule is COC(=O)CNc1cc(C(F)(F)F)ncc1N. The number of ether oxygens (including phenoxy) is 1. The third-order valence-electron chi connectivity index (χ3n) is 1.88. The first-order chi connectivity index (χ1) is 7.84. The molecule has 0 fully saturated rings. The summed E-state index contributed by atoms with van der Waals surface area (Å²) in [5.41, 5.74) is 4.33. The molecule has 0 radical (unpaired) electrons. The molecular weight excluding hydrogens is 239 g/mol. The second-order valence-corrected chi connectivity index (χ2v) is 3.08. The summed E-state index contributed by atoms with van der Waals surface area (Å²) in [6.07, 6.45) is -3.68. The van der Waals surface area contributed by atoms with Crippen LogP contribution in [0.4, 0.5) is 24.5 Å². The van der Waals surface area contributed by atoms with Gasteiger partial charge in [0, 0.05) is 0 Å². The maximum atomic E-state index is 12.3. The fourth-order valence-electron chi connectivity index (χ4n) is 1.01. The second kappa shape index (κ2) is 4.89. The molecule has 0 spiro atoms. The number of carbonyl (C=O) groups excluding carboxylic acids is 1. The van der Waals surface area contributed by atoms with E-state index < -0.39 is 17.8 Å². The van der Waals surface area contributed by atoms with E-state index in [9.17, 15) is 18.0 Å². The van der Waals surface area contributed by atoms with Crippen molar-refractivity contribution in [3.05, 3.63) is 18.0 Å². The lowest BCUT2D eigenvalue weighted by molar-refractivity contribution is -0.141. The number of hydrogen-bond acceptors (Lipinski definition) is 5. The zero-order chi connectivity index (χ0) is 13.1.